The summed E-state index contributed by atoms with van der Waals surface area (Å²) in [6.45, 7) is 4.90. The van der Waals surface area contributed by atoms with Crippen LogP contribution in [0.25, 0.3) is 0 Å². The van der Waals surface area contributed by atoms with Crippen LogP contribution in [0.3, 0.4) is 0 Å². The first-order chi connectivity index (χ1) is 21.2. The Bertz CT molecular complexity index is 988. The molecule has 0 aromatic carbocycles. The standard InChI is InChI=1S/C36H59F5O3S/c1-33-21-19-28(42)24-27(33)15-16-29-30-17-18-31(43)34(30,2)25-26(32(29)33)14-11-9-7-5-3-4-6-8-10-12-22-45(44)23-13-20-35(37,38)36(39,40)41/h26-27,29-32,43H,3-25H2,1-2H3/t26-,27-,29-,30-,31-,32-,33-,34-,45?/m0/s1. The fourth-order valence-corrected chi connectivity index (χ4v) is 11.7. The summed E-state index contributed by atoms with van der Waals surface area (Å²) in [6, 6.07) is 0. The van der Waals surface area contributed by atoms with Gasteiger partial charge >= 0.3 is 12.1 Å². The van der Waals surface area contributed by atoms with Crippen molar-refractivity contribution in [1.82, 2.24) is 0 Å². The Balaban J connectivity index is 1.09. The lowest BCUT2D eigenvalue weighted by Crippen LogP contribution is -2.57. The second-order valence-electron chi connectivity index (χ2n) is 15.9. The molecule has 9 atom stereocenters. The van der Waals surface area contributed by atoms with Crippen LogP contribution in [0.5, 0.6) is 0 Å². The summed E-state index contributed by atoms with van der Waals surface area (Å²) in [5.41, 5.74) is 0.336. The number of carbonyl (C=O) groups is 1. The van der Waals surface area contributed by atoms with Crippen molar-refractivity contribution in [2.75, 3.05) is 11.5 Å². The number of aliphatic hydroxyl groups excluding tert-OH is 1. The van der Waals surface area contributed by atoms with Crippen LogP contribution in [0.4, 0.5) is 22.0 Å². The van der Waals surface area contributed by atoms with Crippen LogP contribution in [0.1, 0.15) is 149 Å². The molecule has 0 heterocycles. The molecular weight excluding hydrogens is 607 g/mol. The first-order valence-electron chi connectivity index (χ1n) is 18.2. The molecule has 0 saturated heterocycles. The summed E-state index contributed by atoms with van der Waals surface area (Å²) in [5, 5.41) is 11.1. The number of aliphatic hydroxyl groups is 1. The summed E-state index contributed by atoms with van der Waals surface area (Å²) < 4.78 is 74.5. The van der Waals surface area contributed by atoms with Crippen LogP contribution in [-0.4, -0.2) is 44.8 Å². The van der Waals surface area contributed by atoms with Gasteiger partial charge in [-0.15, -0.1) is 0 Å². The topological polar surface area (TPSA) is 54.4 Å². The Morgan fingerprint density at radius 1 is 0.800 bits per heavy atom. The zero-order chi connectivity index (χ0) is 32.9. The van der Waals surface area contributed by atoms with Gasteiger partial charge in [-0.3, -0.25) is 9.00 Å². The van der Waals surface area contributed by atoms with Crippen molar-refractivity contribution in [3.8, 4) is 0 Å². The summed E-state index contributed by atoms with van der Waals surface area (Å²) in [6.07, 6.45) is 13.3. The highest BCUT2D eigenvalue weighted by Gasteiger charge is 2.62. The van der Waals surface area contributed by atoms with Gasteiger partial charge in [0.2, 0.25) is 0 Å². The third kappa shape index (κ3) is 8.92. The molecule has 0 aliphatic heterocycles. The molecule has 4 aliphatic carbocycles. The number of rotatable bonds is 17. The largest absolute Gasteiger partial charge is 0.453 e. The van der Waals surface area contributed by atoms with E-state index in [2.05, 4.69) is 13.8 Å². The average molecular weight is 667 g/mol. The van der Waals surface area contributed by atoms with Crippen molar-refractivity contribution >= 4 is 16.6 Å². The highest BCUT2D eigenvalue weighted by molar-refractivity contribution is 7.84. The molecule has 0 aromatic heterocycles. The van der Waals surface area contributed by atoms with Gasteiger partial charge in [0.25, 0.3) is 0 Å². The Hall–Kier alpha value is -0.570. The second-order valence-corrected chi connectivity index (χ2v) is 17.6. The zero-order valence-corrected chi connectivity index (χ0v) is 28.6. The van der Waals surface area contributed by atoms with Gasteiger partial charge in [0, 0.05) is 41.6 Å². The van der Waals surface area contributed by atoms with Crippen LogP contribution in [0.15, 0.2) is 0 Å². The van der Waals surface area contributed by atoms with Gasteiger partial charge in [0.05, 0.1) is 6.10 Å². The number of alkyl halides is 5. The molecule has 262 valence electrons. The summed E-state index contributed by atoms with van der Waals surface area (Å²) in [5.74, 6) is -0.719. The molecule has 0 spiro atoms. The minimum atomic E-state index is -5.53. The lowest BCUT2D eigenvalue weighted by Gasteiger charge is -2.62. The lowest BCUT2D eigenvalue weighted by atomic mass is 9.42. The highest BCUT2D eigenvalue weighted by atomic mass is 32.2. The highest BCUT2D eigenvalue weighted by Crippen LogP contribution is 2.68. The van der Waals surface area contributed by atoms with Crippen LogP contribution >= 0.6 is 0 Å². The molecule has 4 rings (SSSR count). The molecule has 1 N–H and O–H groups in total. The average Bonchev–Trinajstić information content (AvgIpc) is 3.26. The molecule has 4 saturated carbocycles. The summed E-state index contributed by atoms with van der Waals surface area (Å²) in [7, 11) is -1.34. The SMILES string of the molecule is C[C@]12CCC(=O)C[C@@H]1CC[C@@H]1[C@@H]2[C@@H](CCCCCCCCCCCCS(=O)CCCC(F)(F)C(F)(F)F)C[C@]2(C)[C@@H](O)CC[C@@H]12. The Kier molecular flexibility index (Phi) is 13.0. The molecule has 0 aromatic rings. The van der Waals surface area contributed by atoms with Gasteiger partial charge < -0.3 is 5.11 Å². The van der Waals surface area contributed by atoms with Crippen molar-refractivity contribution in [1.29, 1.82) is 0 Å². The van der Waals surface area contributed by atoms with Crippen LogP contribution in [-0.2, 0) is 15.6 Å². The van der Waals surface area contributed by atoms with Gasteiger partial charge in [-0.2, -0.15) is 22.0 Å². The van der Waals surface area contributed by atoms with E-state index in [1.807, 2.05) is 0 Å². The first kappa shape index (κ1) is 37.3. The molecule has 9 heteroatoms. The molecule has 0 amide bonds. The number of fused-ring (bicyclic) bond motifs is 5. The Morgan fingerprint density at radius 2 is 1.40 bits per heavy atom. The number of halogens is 5. The van der Waals surface area contributed by atoms with Gasteiger partial charge in [0.15, 0.2) is 0 Å². The number of Topliss-reactive ketones (excluding diaryl/α,β-unsaturated/α-hetero) is 1. The smallest absolute Gasteiger partial charge is 0.393 e. The van der Waals surface area contributed by atoms with Crippen molar-refractivity contribution in [2.24, 2.45) is 40.4 Å². The maximum Gasteiger partial charge on any atom is 0.453 e. The fourth-order valence-electron chi connectivity index (χ4n) is 10.5. The molecule has 0 bridgehead atoms. The molecule has 1 unspecified atom stereocenters. The van der Waals surface area contributed by atoms with Crippen molar-refractivity contribution < 1.29 is 36.1 Å². The van der Waals surface area contributed by atoms with Gasteiger partial charge in [0.1, 0.15) is 5.78 Å². The van der Waals surface area contributed by atoms with Gasteiger partial charge in [-0.25, -0.2) is 0 Å². The van der Waals surface area contributed by atoms with Crippen LogP contribution in [0.2, 0.25) is 0 Å². The van der Waals surface area contributed by atoms with Crippen molar-refractivity contribution in [2.45, 2.75) is 167 Å². The minimum Gasteiger partial charge on any atom is -0.393 e. The third-order valence-electron chi connectivity index (χ3n) is 13.0. The monoisotopic (exact) mass is 666 g/mol. The Labute approximate surface area is 271 Å². The molecular formula is C36H59F5O3S. The van der Waals surface area contributed by atoms with E-state index in [-0.39, 0.29) is 29.1 Å². The second kappa shape index (κ2) is 15.8. The van der Waals surface area contributed by atoms with E-state index in [4.69, 9.17) is 0 Å². The van der Waals surface area contributed by atoms with E-state index in [1.54, 1.807) is 0 Å². The quantitative estimate of drug-likeness (QED) is 0.124. The number of hydrogen-bond acceptors (Lipinski definition) is 3. The van der Waals surface area contributed by atoms with E-state index in [9.17, 15) is 36.1 Å². The maximum absolute atomic E-state index is 12.9. The summed E-state index contributed by atoms with van der Waals surface area (Å²) in [4.78, 5) is 12.4. The van der Waals surface area contributed by atoms with Crippen molar-refractivity contribution in [3.63, 3.8) is 0 Å². The predicted molar refractivity (Wildman–Crippen MR) is 171 cm³/mol. The van der Waals surface area contributed by atoms with Crippen LogP contribution < -0.4 is 0 Å². The van der Waals surface area contributed by atoms with Crippen molar-refractivity contribution in [3.05, 3.63) is 0 Å². The molecule has 4 fully saturated rings. The lowest BCUT2D eigenvalue weighted by molar-refractivity contribution is -0.284. The zero-order valence-electron chi connectivity index (χ0n) is 27.8. The normalized spacial score (nSPS) is 36.0. The fraction of sp³-hybridized carbons (Fsp3) is 0.972. The Morgan fingerprint density at radius 3 is 2.04 bits per heavy atom. The van der Waals surface area contributed by atoms with E-state index in [0.717, 1.165) is 64.2 Å². The number of ketones is 1. The van der Waals surface area contributed by atoms with Gasteiger partial charge in [-0.1, -0.05) is 78.1 Å². The predicted octanol–water partition coefficient (Wildman–Crippen LogP) is 10.2. The molecule has 4 aliphatic rings. The minimum absolute atomic E-state index is 0.0585. The van der Waals surface area contributed by atoms with E-state index in [0.29, 0.717) is 41.1 Å². The summed E-state index contributed by atoms with van der Waals surface area (Å²) >= 11 is 0. The van der Waals surface area contributed by atoms with E-state index < -0.39 is 29.3 Å². The molecule has 45 heavy (non-hydrogen) atoms. The van der Waals surface area contributed by atoms with E-state index in [1.165, 1.54) is 57.8 Å². The van der Waals surface area contributed by atoms with E-state index >= 15 is 0 Å². The van der Waals surface area contributed by atoms with Gasteiger partial charge in [-0.05, 0) is 91.8 Å². The maximum atomic E-state index is 12.9. The first-order valence-corrected chi connectivity index (χ1v) is 19.7. The number of carbonyl (C=O) groups excluding carboxylic acids is 1. The molecule has 0 radical (unpaired) electrons. The third-order valence-corrected chi connectivity index (χ3v) is 14.5. The number of hydrogen-bond donors (Lipinski definition) is 1. The molecule has 3 nitrogen and oxygen atoms in total. The van der Waals surface area contributed by atoms with Crippen LogP contribution in [0, 0.1) is 40.4 Å². The number of unbranched alkanes of at least 4 members (excludes halogenated alkanes) is 9.